The highest BCUT2D eigenvalue weighted by Crippen LogP contribution is 1.88. The fraction of sp³-hybridized carbons (Fsp3) is 0.455. The minimum Gasteiger partial charge on any atom is -0.302 e. The van der Waals surface area contributed by atoms with Gasteiger partial charge in [-0.3, -0.25) is 0 Å². The van der Waals surface area contributed by atoms with Crippen LogP contribution < -0.4 is 0 Å². The summed E-state index contributed by atoms with van der Waals surface area (Å²) in [5, 5.41) is 0. The molecule has 68 valence electrons. The predicted octanol–water partition coefficient (Wildman–Crippen LogP) is 2.63. The average Bonchev–Trinajstić information content (AvgIpc) is 2.09. The molecule has 0 N–H and O–H groups in total. The minimum absolute atomic E-state index is 1.01. The van der Waals surface area contributed by atoms with E-state index >= 15 is 0 Å². The van der Waals surface area contributed by atoms with Crippen molar-refractivity contribution in [1.82, 2.24) is 4.90 Å². The van der Waals surface area contributed by atoms with E-state index in [0.717, 1.165) is 19.5 Å². The zero-order valence-electron chi connectivity index (χ0n) is 8.16. The third-order valence-corrected chi connectivity index (χ3v) is 1.57. The molecule has 0 fully saturated rings. The maximum atomic E-state index is 3.69. The summed E-state index contributed by atoms with van der Waals surface area (Å²) in [7, 11) is 2.11. The quantitative estimate of drug-likeness (QED) is 0.432. The first-order chi connectivity index (χ1) is 5.81. The Balaban J connectivity index is 3.41. The molecule has 0 radical (unpaired) electrons. The van der Waals surface area contributed by atoms with Gasteiger partial charge in [0.2, 0.25) is 0 Å². The molecule has 0 unspecified atom stereocenters. The van der Waals surface area contributed by atoms with Gasteiger partial charge in [0.05, 0.1) is 0 Å². The highest BCUT2D eigenvalue weighted by atomic mass is 15.1. The predicted molar refractivity (Wildman–Crippen MR) is 56.3 cm³/mol. The standard InChI is InChI=1S/C11H19N/c1-4-6-8-9-11-12(3)10-7-5-2/h4-6,8-9H,2,7,10-11H2,1,3H3/b6-4+,9-8+. The molecule has 0 spiro atoms. The molecule has 0 bridgehead atoms. The SMILES string of the molecule is C=CCCN(C)C/C=C/C=C/C. The number of likely N-dealkylation sites (N-methyl/N-ethyl adjacent to an activating group) is 1. The Morgan fingerprint density at radius 1 is 1.33 bits per heavy atom. The summed E-state index contributed by atoms with van der Waals surface area (Å²) in [6.07, 6.45) is 11.3. The van der Waals surface area contributed by atoms with Crippen LogP contribution >= 0.6 is 0 Å². The number of allylic oxidation sites excluding steroid dienone is 3. The molecule has 0 aromatic rings. The van der Waals surface area contributed by atoms with E-state index in [1.54, 1.807) is 0 Å². The van der Waals surface area contributed by atoms with Crippen LogP contribution in [0.1, 0.15) is 13.3 Å². The number of hydrogen-bond donors (Lipinski definition) is 0. The topological polar surface area (TPSA) is 3.24 Å². The van der Waals surface area contributed by atoms with Crippen LogP contribution in [0.15, 0.2) is 37.0 Å². The molecule has 0 heterocycles. The summed E-state index contributed by atoms with van der Waals surface area (Å²) >= 11 is 0. The van der Waals surface area contributed by atoms with E-state index in [-0.39, 0.29) is 0 Å². The van der Waals surface area contributed by atoms with Gasteiger partial charge in [0, 0.05) is 13.1 Å². The van der Waals surface area contributed by atoms with Crippen molar-refractivity contribution in [2.45, 2.75) is 13.3 Å². The van der Waals surface area contributed by atoms with Gasteiger partial charge in [-0.1, -0.05) is 30.4 Å². The van der Waals surface area contributed by atoms with Gasteiger partial charge in [-0.25, -0.2) is 0 Å². The maximum Gasteiger partial charge on any atom is 0.0163 e. The van der Waals surface area contributed by atoms with Gasteiger partial charge >= 0.3 is 0 Å². The summed E-state index contributed by atoms with van der Waals surface area (Å²) in [5.41, 5.74) is 0. The molecule has 0 aromatic carbocycles. The second-order valence-electron chi connectivity index (χ2n) is 2.79. The Hall–Kier alpha value is -0.820. The van der Waals surface area contributed by atoms with Crippen LogP contribution in [-0.2, 0) is 0 Å². The van der Waals surface area contributed by atoms with Gasteiger partial charge in [0.1, 0.15) is 0 Å². The van der Waals surface area contributed by atoms with Crippen LogP contribution in [0.5, 0.6) is 0 Å². The van der Waals surface area contributed by atoms with Gasteiger partial charge < -0.3 is 4.90 Å². The van der Waals surface area contributed by atoms with Crippen LogP contribution in [0.3, 0.4) is 0 Å². The van der Waals surface area contributed by atoms with E-state index < -0.39 is 0 Å². The first-order valence-corrected chi connectivity index (χ1v) is 4.38. The van der Waals surface area contributed by atoms with E-state index in [1.807, 2.05) is 25.2 Å². The van der Waals surface area contributed by atoms with Crippen LogP contribution in [0.25, 0.3) is 0 Å². The second kappa shape index (κ2) is 8.28. The Kier molecular flexibility index (Phi) is 7.71. The average molecular weight is 165 g/mol. The van der Waals surface area contributed by atoms with Gasteiger partial charge in [0.25, 0.3) is 0 Å². The molecular formula is C11H19N. The van der Waals surface area contributed by atoms with E-state index in [4.69, 9.17) is 0 Å². The van der Waals surface area contributed by atoms with Crippen LogP contribution in [0.2, 0.25) is 0 Å². The smallest absolute Gasteiger partial charge is 0.0163 e. The Bertz CT molecular complexity index is 156. The molecule has 12 heavy (non-hydrogen) atoms. The molecule has 0 aliphatic rings. The third-order valence-electron chi connectivity index (χ3n) is 1.57. The lowest BCUT2D eigenvalue weighted by molar-refractivity contribution is 0.378. The largest absolute Gasteiger partial charge is 0.302 e. The zero-order chi connectivity index (χ0) is 9.23. The second-order valence-corrected chi connectivity index (χ2v) is 2.79. The van der Waals surface area contributed by atoms with E-state index in [2.05, 4.69) is 30.7 Å². The normalized spacial score (nSPS) is 11.9. The van der Waals surface area contributed by atoms with Gasteiger partial charge in [-0.05, 0) is 20.4 Å². The molecular weight excluding hydrogens is 146 g/mol. The first-order valence-electron chi connectivity index (χ1n) is 4.38. The number of rotatable bonds is 6. The lowest BCUT2D eigenvalue weighted by Crippen LogP contribution is -2.18. The van der Waals surface area contributed by atoms with E-state index in [0.29, 0.717) is 0 Å². The number of hydrogen-bond acceptors (Lipinski definition) is 1. The molecule has 1 heteroatoms. The summed E-state index contributed by atoms with van der Waals surface area (Å²) in [5.74, 6) is 0. The molecule has 0 amide bonds. The summed E-state index contributed by atoms with van der Waals surface area (Å²) in [4.78, 5) is 2.27. The molecule has 0 saturated heterocycles. The van der Waals surface area contributed by atoms with Crippen LogP contribution in [0.4, 0.5) is 0 Å². The minimum atomic E-state index is 1.01. The van der Waals surface area contributed by atoms with Crippen molar-refractivity contribution in [3.05, 3.63) is 37.0 Å². The summed E-state index contributed by atoms with van der Waals surface area (Å²) in [6.45, 7) is 7.81. The maximum absolute atomic E-state index is 3.69. The monoisotopic (exact) mass is 165 g/mol. The van der Waals surface area contributed by atoms with Crippen molar-refractivity contribution in [3.63, 3.8) is 0 Å². The Labute approximate surface area is 76.1 Å². The summed E-state index contributed by atoms with van der Waals surface area (Å²) in [6, 6.07) is 0. The fourth-order valence-electron chi connectivity index (χ4n) is 0.833. The Morgan fingerprint density at radius 2 is 2.08 bits per heavy atom. The molecule has 0 atom stereocenters. The zero-order valence-corrected chi connectivity index (χ0v) is 8.16. The van der Waals surface area contributed by atoms with Gasteiger partial charge in [-0.15, -0.1) is 6.58 Å². The molecule has 0 aromatic heterocycles. The Morgan fingerprint density at radius 3 is 2.67 bits per heavy atom. The molecule has 0 saturated carbocycles. The van der Waals surface area contributed by atoms with Gasteiger partial charge in [0.15, 0.2) is 0 Å². The van der Waals surface area contributed by atoms with E-state index in [9.17, 15) is 0 Å². The molecule has 0 aliphatic carbocycles. The molecule has 1 nitrogen and oxygen atoms in total. The van der Waals surface area contributed by atoms with Crippen molar-refractivity contribution in [2.24, 2.45) is 0 Å². The highest BCUT2D eigenvalue weighted by molar-refractivity contribution is 5.01. The van der Waals surface area contributed by atoms with Crippen LogP contribution in [0, 0.1) is 0 Å². The summed E-state index contributed by atoms with van der Waals surface area (Å²) < 4.78 is 0. The van der Waals surface area contributed by atoms with Crippen molar-refractivity contribution < 1.29 is 0 Å². The van der Waals surface area contributed by atoms with Crippen molar-refractivity contribution in [1.29, 1.82) is 0 Å². The lowest BCUT2D eigenvalue weighted by atomic mass is 10.3. The fourth-order valence-corrected chi connectivity index (χ4v) is 0.833. The number of nitrogens with zero attached hydrogens (tertiary/aromatic N) is 1. The van der Waals surface area contributed by atoms with E-state index in [1.165, 1.54) is 0 Å². The first kappa shape index (κ1) is 11.2. The van der Waals surface area contributed by atoms with Crippen molar-refractivity contribution >= 4 is 0 Å². The lowest BCUT2D eigenvalue weighted by Gasteiger charge is -2.11. The highest BCUT2D eigenvalue weighted by Gasteiger charge is 1.90. The van der Waals surface area contributed by atoms with Crippen molar-refractivity contribution in [2.75, 3.05) is 20.1 Å². The molecule has 0 rings (SSSR count). The third kappa shape index (κ3) is 7.29. The van der Waals surface area contributed by atoms with Gasteiger partial charge in [-0.2, -0.15) is 0 Å². The van der Waals surface area contributed by atoms with Crippen molar-refractivity contribution in [3.8, 4) is 0 Å². The van der Waals surface area contributed by atoms with Crippen LogP contribution in [-0.4, -0.2) is 25.0 Å². The molecule has 0 aliphatic heterocycles.